The van der Waals surface area contributed by atoms with Crippen molar-refractivity contribution >= 4 is 39.7 Å². The summed E-state index contributed by atoms with van der Waals surface area (Å²) in [7, 11) is 0. The van der Waals surface area contributed by atoms with Gasteiger partial charge in [0.2, 0.25) is 0 Å². The molecule has 1 fully saturated rings. The maximum Gasteiger partial charge on any atom is 0.276 e. The molecule has 1 aliphatic heterocycles. The van der Waals surface area contributed by atoms with Gasteiger partial charge in [-0.15, -0.1) is 0 Å². The van der Waals surface area contributed by atoms with Gasteiger partial charge in [0.05, 0.1) is 16.8 Å². The number of halogens is 1. The van der Waals surface area contributed by atoms with Crippen molar-refractivity contribution in [2.24, 2.45) is 0 Å². The van der Waals surface area contributed by atoms with E-state index in [1.807, 2.05) is 12.1 Å². The van der Waals surface area contributed by atoms with Gasteiger partial charge in [-0.05, 0) is 37.1 Å². The average molecular weight is 397 g/mol. The first-order valence-electron chi connectivity index (χ1n) is 9.47. The Morgan fingerprint density at radius 1 is 1.04 bits per heavy atom. The van der Waals surface area contributed by atoms with E-state index >= 15 is 0 Å². The summed E-state index contributed by atoms with van der Waals surface area (Å²) in [6, 6.07) is 12.5. The molecule has 2 N–H and O–H groups in total. The Bertz CT molecular complexity index is 1070. The molecular formula is C21H21ClN4O2. The van der Waals surface area contributed by atoms with Crippen LogP contribution in [0.3, 0.4) is 0 Å². The van der Waals surface area contributed by atoms with Crippen LogP contribution in [0.1, 0.15) is 36.2 Å². The lowest BCUT2D eigenvalue weighted by Crippen LogP contribution is -2.26. The lowest BCUT2D eigenvalue weighted by atomic mass is 10.1. The fraction of sp³-hybridized carbons (Fsp3) is 0.286. The largest absolute Gasteiger partial charge is 0.370 e. The van der Waals surface area contributed by atoms with Gasteiger partial charge in [-0.25, -0.2) is 5.10 Å². The van der Waals surface area contributed by atoms with Crippen molar-refractivity contribution in [3.8, 4) is 0 Å². The normalized spacial score (nSPS) is 14.7. The van der Waals surface area contributed by atoms with Gasteiger partial charge in [0, 0.05) is 23.5 Å². The number of carbonyl (C=O) groups is 1. The van der Waals surface area contributed by atoms with Crippen LogP contribution in [0.2, 0.25) is 5.02 Å². The van der Waals surface area contributed by atoms with Crippen LogP contribution in [0, 0.1) is 0 Å². The van der Waals surface area contributed by atoms with Crippen LogP contribution < -0.4 is 15.8 Å². The van der Waals surface area contributed by atoms with Crippen LogP contribution in [-0.2, 0) is 0 Å². The van der Waals surface area contributed by atoms with E-state index in [2.05, 4.69) is 20.4 Å². The second-order valence-electron chi connectivity index (χ2n) is 6.96. The fourth-order valence-corrected chi connectivity index (χ4v) is 3.84. The summed E-state index contributed by atoms with van der Waals surface area (Å²) in [5.41, 5.74) is 1.46. The highest BCUT2D eigenvalue weighted by Gasteiger charge is 2.19. The molecule has 1 saturated heterocycles. The number of hydrogen-bond acceptors (Lipinski definition) is 4. The second kappa shape index (κ2) is 8.02. The van der Waals surface area contributed by atoms with Gasteiger partial charge in [-0.1, -0.05) is 42.6 Å². The number of rotatable bonds is 3. The summed E-state index contributed by atoms with van der Waals surface area (Å²) in [6.45, 7) is 1.90. The van der Waals surface area contributed by atoms with Crippen LogP contribution in [0.15, 0.2) is 47.3 Å². The molecule has 1 aliphatic rings. The highest BCUT2D eigenvalue weighted by atomic mass is 35.5. The molecule has 0 radical (unpaired) electrons. The Morgan fingerprint density at radius 3 is 2.50 bits per heavy atom. The summed E-state index contributed by atoms with van der Waals surface area (Å²) in [5.74, 6) is -0.384. The van der Waals surface area contributed by atoms with Gasteiger partial charge in [0.25, 0.3) is 11.5 Å². The molecule has 1 aromatic heterocycles. The average Bonchev–Trinajstić information content (AvgIpc) is 2.98. The molecular weight excluding hydrogens is 376 g/mol. The first-order valence-corrected chi connectivity index (χ1v) is 9.84. The molecule has 0 bridgehead atoms. The number of anilines is 2. The molecule has 2 aromatic carbocycles. The molecule has 0 unspecified atom stereocenters. The van der Waals surface area contributed by atoms with Crippen LogP contribution in [-0.4, -0.2) is 29.2 Å². The molecule has 0 atom stereocenters. The van der Waals surface area contributed by atoms with Gasteiger partial charge >= 0.3 is 0 Å². The Hall–Kier alpha value is -2.86. The van der Waals surface area contributed by atoms with E-state index in [0.29, 0.717) is 21.5 Å². The van der Waals surface area contributed by atoms with E-state index in [4.69, 9.17) is 11.6 Å². The van der Waals surface area contributed by atoms with Crippen molar-refractivity contribution < 1.29 is 4.79 Å². The zero-order chi connectivity index (χ0) is 19.5. The lowest BCUT2D eigenvalue weighted by molar-refractivity contribution is 0.102. The first-order chi connectivity index (χ1) is 13.6. The molecule has 1 amide bonds. The lowest BCUT2D eigenvalue weighted by Gasteiger charge is -2.25. The van der Waals surface area contributed by atoms with E-state index in [-0.39, 0.29) is 17.2 Å². The Kier molecular flexibility index (Phi) is 5.30. The summed E-state index contributed by atoms with van der Waals surface area (Å²) in [4.78, 5) is 27.3. The van der Waals surface area contributed by atoms with Gasteiger partial charge in [0.1, 0.15) is 0 Å². The SMILES string of the molecule is O=C(Nc1cc(Cl)ccc1N1CCCCCC1)c1n[nH]c(=O)c2ccccc12. The Balaban J connectivity index is 1.70. The van der Waals surface area contributed by atoms with Crippen molar-refractivity contribution in [3.63, 3.8) is 0 Å². The van der Waals surface area contributed by atoms with Crippen molar-refractivity contribution in [3.05, 3.63) is 63.5 Å². The third-order valence-corrected chi connectivity index (χ3v) is 5.30. The number of carbonyl (C=O) groups excluding carboxylic acids is 1. The summed E-state index contributed by atoms with van der Waals surface area (Å²) < 4.78 is 0. The number of aromatic amines is 1. The minimum Gasteiger partial charge on any atom is -0.370 e. The number of hydrogen-bond donors (Lipinski definition) is 2. The predicted octanol–water partition coefficient (Wildman–Crippen LogP) is 4.21. The number of fused-ring (bicyclic) bond motifs is 1. The van der Waals surface area contributed by atoms with Gasteiger partial charge in [-0.2, -0.15) is 5.10 Å². The summed E-state index contributed by atoms with van der Waals surface area (Å²) >= 11 is 6.20. The zero-order valence-corrected chi connectivity index (χ0v) is 16.1. The third-order valence-electron chi connectivity index (χ3n) is 5.06. The molecule has 6 nitrogen and oxygen atoms in total. The fourth-order valence-electron chi connectivity index (χ4n) is 3.67. The highest BCUT2D eigenvalue weighted by molar-refractivity contribution is 6.31. The molecule has 2 heterocycles. The monoisotopic (exact) mass is 396 g/mol. The van der Waals surface area contributed by atoms with Gasteiger partial charge in [-0.3, -0.25) is 9.59 Å². The molecule has 0 saturated carbocycles. The number of nitrogens with one attached hydrogen (secondary N) is 2. The molecule has 28 heavy (non-hydrogen) atoms. The van der Waals surface area contributed by atoms with E-state index < -0.39 is 0 Å². The Morgan fingerprint density at radius 2 is 1.75 bits per heavy atom. The van der Waals surface area contributed by atoms with E-state index in [1.54, 1.807) is 30.3 Å². The predicted molar refractivity (Wildman–Crippen MR) is 112 cm³/mol. The molecule has 0 spiro atoms. The van der Waals surface area contributed by atoms with Crippen LogP contribution >= 0.6 is 11.6 Å². The Labute approximate surface area is 167 Å². The number of H-pyrrole nitrogens is 1. The van der Waals surface area contributed by atoms with E-state index in [0.717, 1.165) is 31.6 Å². The number of benzene rings is 2. The van der Waals surface area contributed by atoms with Crippen LogP contribution in [0.5, 0.6) is 0 Å². The molecule has 144 valence electrons. The first kappa shape index (κ1) is 18.5. The van der Waals surface area contributed by atoms with Crippen molar-refractivity contribution in [1.82, 2.24) is 10.2 Å². The quantitative estimate of drug-likeness (QED) is 0.695. The highest BCUT2D eigenvalue weighted by Crippen LogP contribution is 2.31. The van der Waals surface area contributed by atoms with Crippen LogP contribution in [0.25, 0.3) is 10.8 Å². The molecule has 4 rings (SSSR count). The van der Waals surface area contributed by atoms with E-state index in [1.165, 1.54) is 12.8 Å². The molecule has 7 heteroatoms. The number of amides is 1. The topological polar surface area (TPSA) is 78.1 Å². The maximum absolute atomic E-state index is 13.0. The van der Waals surface area contributed by atoms with Crippen molar-refractivity contribution in [1.29, 1.82) is 0 Å². The smallest absolute Gasteiger partial charge is 0.276 e. The molecule has 0 aliphatic carbocycles. The zero-order valence-electron chi connectivity index (χ0n) is 15.4. The van der Waals surface area contributed by atoms with Crippen molar-refractivity contribution in [2.45, 2.75) is 25.7 Å². The number of nitrogens with zero attached hydrogens (tertiary/aromatic N) is 2. The third kappa shape index (κ3) is 3.73. The molecule has 3 aromatic rings. The van der Waals surface area contributed by atoms with Crippen molar-refractivity contribution in [2.75, 3.05) is 23.3 Å². The maximum atomic E-state index is 13.0. The van der Waals surface area contributed by atoms with Crippen LogP contribution in [0.4, 0.5) is 11.4 Å². The second-order valence-corrected chi connectivity index (χ2v) is 7.40. The van der Waals surface area contributed by atoms with Gasteiger partial charge < -0.3 is 10.2 Å². The minimum absolute atomic E-state index is 0.178. The summed E-state index contributed by atoms with van der Waals surface area (Å²) in [5, 5.41) is 10.8. The number of aromatic nitrogens is 2. The van der Waals surface area contributed by atoms with Gasteiger partial charge in [0.15, 0.2) is 5.69 Å². The standard InChI is InChI=1S/C21H21ClN4O2/c22-14-9-10-18(26-11-5-1-2-6-12-26)17(13-14)23-21(28)19-15-7-3-4-8-16(15)20(27)25-24-19/h3-4,7-10,13H,1-2,5-6,11-12H2,(H,23,28)(H,25,27). The minimum atomic E-state index is -0.384. The van der Waals surface area contributed by atoms with E-state index in [9.17, 15) is 9.59 Å². The summed E-state index contributed by atoms with van der Waals surface area (Å²) in [6.07, 6.45) is 4.70.